The predicted octanol–water partition coefficient (Wildman–Crippen LogP) is 4.89. The Hall–Kier alpha value is -2.76. The lowest BCUT2D eigenvalue weighted by Crippen LogP contribution is -2.21. The summed E-state index contributed by atoms with van der Waals surface area (Å²) >= 11 is 12.0. The predicted molar refractivity (Wildman–Crippen MR) is 106 cm³/mol. The first-order chi connectivity index (χ1) is 13.0. The van der Waals surface area contributed by atoms with Gasteiger partial charge in [-0.25, -0.2) is 4.79 Å². The number of hydrogen-bond donors (Lipinski definition) is 1. The Morgan fingerprint density at radius 2 is 1.70 bits per heavy atom. The molecule has 0 aliphatic carbocycles. The van der Waals surface area contributed by atoms with Gasteiger partial charge in [0.15, 0.2) is 6.61 Å². The standard InChI is InChI=1S/C20H16Cl2N2O3/c1-13-7-8-14(11-17(13)24-9-2-3-10-24)20(26)27-12-18(25)23-19-15(21)5-4-6-16(19)22/h2-11H,12H2,1H3,(H,23,25). The smallest absolute Gasteiger partial charge is 0.338 e. The SMILES string of the molecule is Cc1ccc(C(=O)OCC(=O)Nc2c(Cl)cccc2Cl)cc1-n1cccc1. The highest BCUT2D eigenvalue weighted by Crippen LogP contribution is 2.29. The minimum absolute atomic E-state index is 0.284. The maximum atomic E-state index is 12.3. The molecule has 0 bridgehead atoms. The van der Waals surface area contributed by atoms with Crippen LogP contribution >= 0.6 is 23.2 Å². The van der Waals surface area contributed by atoms with E-state index in [2.05, 4.69) is 5.32 Å². The van der Waals surface area contributed by atoms with E-state index in [0.29, 0.717) is 15.6 Å². The fourth-order valence-electron chi connectivity index (χ4n) is 2.52. The number of para-hydroxylation sites is 1. The van der Waals surface area contributed by atoms with Crippen molar-refractivity contribution in [2.24, 2.45) is 0 Å². The summed E-state index contributed by atoms with van der Waals surface area (Å²) in [6.45, 7) is 1.50. The monoisotopic (exact) mass is 402 g/mol. The van der Waals surface area contributed by atoms with Gasteiger partial charge in [0.2, 0.25) is 0 Å². The molecule has 1 N–H and O–H groups in total. The number of aryl methyl sites for hydroxylation is 1. The summed E-state index contributed by atoms with van der Waals surface area (Å²) in [5, 5.41) is 3.15. The third kappa shape index (κ3) is 4.51. The minimum Gasteiger partial charge on any atom is -0.452 e. The van der Waals surface area contributed by atoms with Crippen LogP contribution in [0.2, 0.25) is 10.0 Å². The van der Waals surface area contributed by atoms with Crippen molar-refractivity contribution in [2.45, 2.75) is 6.92 Å². The van der Waals surface area contributed by atoms with E-state index in [9.17, 15) is 9.59 Å². The Balaban J connectivity index is 1.66. The van der Waals surface area contributed by atoms with Crippen LogP contribution in [0, 0.1) is 6.92 Å². The average molecular weight is 403 g/mol. The molecule has 1 amide bonds. The van der Waals surface area contributed by atoms with Gasteiger partial charge in [-0.2, -0.15) is 0 Å². The van der Waals surface area contributed by atoms with Crippen LogP contribution in [0.15, 0.2) is 60.9 Å². The second-order valence-electron chi connectivity index (χ2n) is 5.81. The third-order valence-corrected chi connectivity index (χ3v) is 4.52. The average Bonchev–Trinajstić information content (AvgIpc) is 3.18. The van der Waals surface area contributed by atoms with E-state index in [1.807, 2.05) is 42.1 Å². The second-order valence-corrected chi connectivity index (χ2v) is 6.63. The van der Waals surface area contributed by atoms with Crippen molar-refractivity contribution in [3.8, 4) is 5.69 Å². The molecule has 0 atom stereocenters. The number of nitrogens with one attached hydrogen (secondary N) is 1. The molecule has 138 valence electrons. The number of anilines is 1. The molecule has 1 heterocycles. The maximum absolute atomic E-state index is 12.3. The van der Waals surface area contributed by atoms with Gasteiger partial charge in [-0.05, 0) is 48.9 Å². The quantitative estimate of drug-likeness (QED) is 0.618. The number of carbonyl (C=O) groups excluding carboxylic acids is 2. The van der Waals surface area contributed by atoms with Crippen molar-refractivity contribution in [1.82, 2.24) is 4.57 Å². The summed E-state index contributed by atoms with van der Waals surface area (Å²) in [7, 11) is 0. The van der Waals surface area contributed by atoms with E-state index < -0.39 is 18.5 Å². The molecule has 2 aromatic carbocycles. The topological polar surface area (TPSA) is 60.3 Å². The van der Waals surface area contributed by atoms with Crippen LogP contribution in [0.1, 0.15) is 15.9 Å². The molecule has 27 heavy (non-hydrogen) atoms. The van der Waals surface area contributed by atoms with Crippen LogP contribution in [0.3, 0.4) is 0 Å². The highest BCUT2D eigenvalue weighted by Gasteiger charge is 2.14. The largest absolute Gasteiger partial charge is 0.452 e. The molecule has 0 aliphatic rings. The molecule has 0 radical (unpaired) electrons. The Morgan fingerprint density at radius 1 is 1.04 bits per heavy atom. The van der Waals surface area contributed by atoms with Crippen molar-refractivity contribution in [3.05, 3.63) is 82.1 Å². The number of halogens is 2. The molecule has 7 heteroatoms. The lowest BCUT2D eigenvalue weighted by Gasteiger charge is -2.11. The number of esters is 1. The van der Waals surface area contributed by atoms with Crippen molar-refractivity contribution in [2.75, 3.05) is 11.9 Å². The number of nitrogens with zero attached hydrogens (tertiary/aromatic N) is 1. The first kappa shape index (κ1) is 19.0. The number of rotatable bonds is 5. The lowest BCUT2D eigenvalue weighted by molar-refractivity contribution is -0.119. The van der Waals surface area contributed by atoms with Gasteiger partial charge in [-0.15, -0.1) is 0 Å². The zero-order valence-corrected chi connectivity index (χ0v) is 15.9. The molecule has 0 saturated carbocycles. The fourth-order valence-corrected chi connectivity index (χ4v) is 3.01. The number of aromatic nitrogens is 1. The Bertz CT molecular complexity index is 965. The van der Waals surface area contributed by atoms with E-state index in [-0.39, 0.29) is 5.69 Å². The summed E-state index contributed by atoms with van der Waals surface area (Å²) in [6.07, 6.45) is 3.77. The van der Waals surface area contributed by atoms with Gasteiger partial charge >= 0.3 is 5.97 Å². The summed E-state index contributed by atoms with van der Waals surface area (Å²) in [4.78, 5) is 24.4. The molecular formula is C20H16Cl2N2O3. The summed E-state index contributed by atoms with van der Waals surface area (Å²) in [5.41, 5.74) is 2.51. The summed E-state index contributed by atoms with van der Waals surface area (Å²) in [5.74, 6) is -1.13. The Labute approximate surface area is 166 Å². The van der Waals surface area contributed by atoms with Gasteiger partial charge in [-0.3, -0.25) is 4.79 Å². The zero-order chi connectivity index (χ0) is 19.4. The van der Waals surface area contributed by atoms with Crippen molar-refractivity contribution in [3.63, 3.8) is 0 Å². The van der Waals surface area contributed by atoms with Crippen LogP contribution in [0.5, 0.6) is 0 Å². The third-order valence-electron chi connectivity index (χ3n) is 3.89. The highest BCUT2D eigenvalue weighted by molar-refractivity contribution is 6.39. The molecule has 0 fully saturated rings. The molecule has 0 spiro atoms. The van der Waals surface area contributed by atoms with Gasteiger partial charge in [0, 0.05) is 18.1 Å². The van der Waals surface area contributed by atoms with Crippen molar-refractivity contribution < 1.29 is 14.3 Å². The Kier molecular flexibility index (Phi) is 5.84. The van der Waals surface area contributed by atoms with Crippen LogP contribution in [0.25, 0.3) is 5.69 Å². The van der Waals surface area contributed by atoms with Gasteiger partial charge in [0.1, 0.15) is 0 Å². The number of ether oxygens (including phenoxy) is 1. The van der Waals surface area contributed by atoms with Crippen LogP contribution in [-0.2, 0) is 9.53 Å². The van der Waals surface area contributed by atoms with Gasteiger partial charge in [-0.1, -0.05) is 35.3 Å². The molecule has 3 aromatic rings. The maximum Gasteiger partial charge on any atom is 0.338 e. The van der Waals surface area contributed by atoms with Crippen molar-refractivity contribution in [1.29, 1.82) is 0 Å². The molecule has 3 rings (SSSR count). The summed E-state index contributed by atoms with van der Waals surface area (Å²) < 4.78 is 7.01. The van der Waals surface area contributed by atoms with E-state index in [1.54, 1.807) is 30.3 Å². The van der Waals surface area contributed by atoms with Gasteiger partial charge in [0.05, 0.1) is 21.3 Å². The zero-order valence-electron chi connectivity index (χ0n) is 14.4. The van der Waals surface area contributed by atoms with E-state index in [1.165, 1.54) is 0 Å². The van der Waals surface area contributed by atoms with Crippen molar-refractivity contribution >= 4 is 40.8 Å². The molecule has 5 nitrogen and oxygen atoms in total. The number of hydrogen-bond acceptors (Lipinski definition) is 3. The number of benzene rings is 2. The molecule has 0 unspecified atom stereocenters. The fraction of sp³-hybridized carbons (Fsp3) is 0.100. The van der Waals surface area contributed by atoms with Crippen LogP contribution < -0.4 is 5.32 Å². The number of amides is 1. The summed E-state index contributed by atoms with van der Waals surface area (Å²) in [6, 6.07) is 13.9. The molecule has 0 saturated heterocycles. The van der Waals surface area contributed by atoms with Gasteiger partial charge in [0.25, 0.3) is 5.91 Å². The van der Waals surface area contributed by atoms with Gasteiger partial charge < -0.3 is 14.6 Å². The van der Waals surface area contributed by atoms with Crippen LogP contribution in [0.4, 0.5) is 5.69 Å². The molecule has 0 aliphatic heterocycles. The normalized spacial score (nSPS) is 10.5. The minimum atomic E-state index is -0.594. The molecular weight excluding hydrogens is 387 g/mol. The molecule has 1 aromatic heterocycles. The van der Waals surface area contributed by atoms with E-state index in [4.69, 9.17) is 27.9 Å². The number of carbonyl (C=O) groups is 2. The van der Waals surface area contributed by atoms with E-state index in [0.717, 1.165) is 11.3 Å². The highest BCUT2D eigenvalue weighted by atomic mass is 35.5. The Morgan fingerprint density at radius 3 is 2.37 bits per heavy atom. The first-order valence-electron chi connectivity index (χ1n) is 8.10. The lowest BCUT2D eigenvalue weighted by atomic mass is 10.1. The van der Waals surface area contributed by atoms with E-state index >= 15 is 0 Å². The van der Waals surface area contributed by atoms with Crippen LogP contribution in [-0.4, -0.2) is 23.1 Å². The second kappa shape index (κ2) is 8.29. The first-order valence-corrected chi connectivity index (χ1v) is 8.86.